The van der Waals surface area contributed by atoms with E-state index in [4.69, 9.17) is 15.0 Å². The number of hydrogen-bond acceptors (Lipinski definition) is 4. The van der Waals surface area contributed by atoms with Gasteiger partial charge in [-0.25, -0.2) is 15.0 Å². The Labute approximate surface area is 286 Å². The van der Waals surface area contributed by atoms with Crippen molar-refractivity contribution in [1.82, 2.24) is 15.0 Å². The first-order valence-electron chi connectivity index (χ1n) is 16.4. The Balaban J connectivity index is 1.17. The fourth-order valence-corrected chi connectivity index (χ4v) is 8.29. The number of benzene rings is 8. The second kappa shape index (κ2) is 11.2. The van der Waals surface area contributed by atoms with Crippen LogP contribution in [0, 0.1) is 0 Å². The molecule has 0 amide bonds. The first kappa shape index (κ1) is 27.8. The largest absolute Gasteiger partial charge is 0.208 e. The van der Waals surface area contributed by atoms with E-state index in [9.17, 15) is 0 Å². The minimum Gasteiger partial charge on any atom is -0.208 e. The molecule has 0 saturated carbocycles. The predicted octanol–water partition coefficient (Wildman–Crippen LogP) is 12.4. The molecule has 0 aliphatic rings. The summed E-state index contributed by atoms with van der Waals surface area (Å²) >= 11 is 1.82. The number of rotatable bonds is 4. The third kappa shape index (κ3) is 4.68. The van der Waals surface area contributed by atoms with Gasteiger partial charge in [-0.05, 0) is 61.6 Å². The zero-order chi connectivity index (χ0) is 32.3. The Morgan fingerprint density at radius 3 is 1.73 bits per heavy atom. The van der Waals surface area contributed by atoms with Crippen molar-refractivity contribution < 1.29 is 0 Å². The van der Waals surface area contributed by atoms with Gasteiger partial charge in [0.2, 0.25) is 0 Å². The van der Waals surface area contributed by atoms with Crippen molar-refractivity contribution >= 4 is 63.8 Å². The van der Waals surface area contributed by atoms with E-state index >= 15 is 0 Å². The molecule has 8 aromatic carbocycles. The maximum absolute atomic E-state index is 5.18. The summed E-state index contributed by atoms with van der Waals surface area (Å²) in [7, 11) is 0. The van der Waals surface area contributed by atoms with E-state index in [1.54, 1.807) is 0 Å². The van der Waals surface area contributed by atoms with E-state index in [2.05, 4.69) is 146 Å². The molecule has 0 fully saturated rings. The van der Waals surface area contributed by atoms with E-state index in [1.807, 2.05) is 29.5 Å². The fraction of sp³-hybridized carbons (Fsp3) is 0. The molecule has 228 valence electrons. The van der Waals surface area contributed by atoms with Crippen LogP contribution in [-0.4, -0.2) is 15.0 Å². The van der Waals surface area contributed by atoms with E-state index < -0.39 is 0 Å². The van der Waals surface area contributed by atoms with Gasteiger partial charge in [-0.3, -0.25) is 0 Å². The molecule has 0 saturated heterocycles. The lowest BCUT2D eigenvalue weighted by Gasteiger charge is -2.11. The van der Waals surface area contributed by atoms with Gasteiger partial charge in [-0.15, -0.1) is 11.3 Å². The third-order valence-electron chi connectivity index (χ3n) is 9.51. The SMILES string of the molecule is c1ccc(-c2nc(-c3ccc(-c4cccc5ccccc45)cc3)nc(-c3cccc4sc5cc6ccc7ccccc7c6cc5c34)n2)cc1. The second-order valence-corrected chi connectivity index (χ2v) is 13.5. The Morgan fingerprint density at radius 2 is 0.918 bits per heavy atom. The number of nitrogens with zero attached hydrogens (tertiary/aromatic N) is 3. The molecule has 0 spiro atoms. The highest BCUT2D eigenvalue weighted by Crippen LogP contribution is 2.42. The first-order valence-corrected chi connectivity index (χ1v) is 17.3. The van der Waals surface area contributed by atoms with E-state index in [1.165, 1.54) is 58.1 Å². The van der Waals surface area contributed by atoms with Crippen LogP contribution in [0.3, 0.4) is 0 Å². The van der Waals surface area contributed by atoms with Gasteiger partial charge in [0.15, 0.2) is 17.5 Å². The molecule has 0 unspecified atom stereocenters. The van der Waals surface area contributed by atoms with Gasteiger partial charge >= 0.3 is 0 Å². The summed E-state index contributed by atoms with van der Waals surface area (Å²) in [4.78, 5) is 15.4. The minimum absolute atomic E-state index is 0.654. The first-order chi connectivity index (χ1) is 24.3. The van der Waals surface area contributed by atoms with E-state index in [-0.39, 0.29) is 0 Å². The monoisotopic (exact) mass is 641 g/mol. The maximum Gasteiger partial charge on any atom is 0.164 e. The topological polar surface area (TPSA) is 38.7 Å². The van der Waals surface area contributed by atoms with Crippen molar-refractivity contribution in [2.75, 3.05) is 0 Å². The Morgan fingerprint density at radius 1 is 0.327 bits per heavy atom. The molecule has 0 aliphatic carbocycles. The predicted molar refractivity (Wildman–Crippen MR) is 207 cm³/mol. The highest BCUT2D eigenvalue weighted by molar-refractivity contribution is 7.26. The third-order valence-corrected chi connectivity index (χ3v) is 10.6. The Hall–Kier alpha value is -6.23. The van der Waals surface area contributed by atoms with Gasteiger partial charge in [0.25, 0.3) is 0 Å². The number of aromatic nitrogens is 3. The van der Waals surface area contributed by atoms with Gasteiger partial charge in [-0.1, -0.05) is 146 Å². The molecule has 0 aliphatic heterocycles. The van der Waals surface area contributed by atoms with Crippen molar-refractivity contribution in [1.29, 1.82) is 0 Å². The van der Waals surface area contributed by atoms with Crippen molar-refractivity contribution in [3.63, 3.8) is 0 Å². The maximum atomic E-state index is 5.18. The van der Waals surface area contributed by atoms with E-state index in [0.29, 0.717) is 17.5 Å². The van der Waals surface area contributed by atoms with Crippen molar-refractivity contribution in [3.05, 3.63) is 164 Å². The lowest BCUT2D eigenvalue weighted by atomic mass is 9.97. The lowest BCUT2D eigenvalue weighted by molar-refractivity contribution is 1.08. The van der Waals surface area contributed by atoms with Crippen LogP contribution >= 0.6 is 11.3 Å². The highest BCUT2D eigenvalue weighted by Gasteiger charge is 2.18. The van der Waals surface area contributed by atoms with Crippen LogP contribution in [0.15, 0.2) is 164 Å². The van der Waals surface area contributed by atoms with Crippen LogP contribution in [0.2, 0.25) is 0 Å². The average Bonchev–Trinajstić information content (AvgIpc) is 3.55. The van der Waals surface area contributed by atoms with E-state index in [0.717, 1.165) is 22.3 Å². The molecule has 0 N–H and O–H groups in total. The molecule has 2 heterocycles. The standard InChI is InChI=1S/C45H27N3S/c1-2-12-31(13-3-1)43-46-44(32-23-20-30(21-24-32)35-17-8-14-28-10-4-6-15-34(28)35)48-45(47-43)37-18-9-19-40-42(37)39-27-38-33(26-41(39)49-40)25-22-29-11-5-7-16-36(29)38/h1-27H. The smallest absolute Gasteiger partial charge is 0.164 e. The van der Waals surface area contributed by atoms with Crippen LogP contribution in [-0.2, 0) is 0 Å². The fourth-order valence-electron chi connectivity index (χ4n) is 7.13. The zero-order valence-corrected chi connectivity index (χ0v) is 27.2. The lowest BCUT2D eigenvalue weighted by Crippen LogP contribution is -2.00. The summed E-state index contributed by atoms with van der Waals surface area (Å²) in [5.74, 6) is 1.98. The normalized spacial score (nSPS) is 11.7. The summed E-state index contributed by atoms with van der Waals surface area (Å²) in [5, 5.41) is 9.89. The molecule has 0 atom stereocenters. The van der Waals surface area contributed by atoms with Crippen LogP contribution in [0.25, 0.3) is 97.8 Å². The van der Waals surface area contributed by atoms with Crippen LogP contribution in [0.5, 0.6) is 0 Å². The number of hydrogen-bond donors (Lipinski definition) is 0. The van der Waals surface area contributed by atoms with Gasteiger partial charge in [0, 0.05) is 36.9 Å². The van der Waals surface area contributed by atoms with Gasteiger partial charge in [0.1, 0.15) is 0 Å². The molecule has 2 aromatic heterocycles. The van der Waals surface area contributed by atoms with Crippen LogP contribution in [0.4, 0.5) is 0 Å². The Bertz CT molecular complexity index is 2870. The van der Waals surface area contributed by atoms with Gasteiger partial charge < -0.3 is 0 Å². The summed E-state index contributed by atoms with van der Waals surface area (Å²) in [6.45, 7) is 0. The van der Waals surface area contributed by atoms with Crippen LogP contribution in [0.1, 0.15) is 0 Å². The molecule has 0 radical (unpaired) electrons. The van der Waals surface area contributed by atoms with Gasteiger partial charge in [0.05, 0.1) is 0 Å². The number of fused-ring (bicyclic) bond motifs is 7. The molecule has 0 bridgehead atoms. The highest BCUT2D eigenvalue weighted by atomic mass is 32.1. The number of thiophene rings is 1. The molecule has 4 heteroatoms. The van der Waals surface area contributed by atoms with Crippen LogP contribution < -0.4 is 0 Å². The second-order valence-electron chi connectivity index (χ2n) is 12.4. The van der Waals surface area contributed by atoms with Crippen molar-refractivity contribution in [2.24, 2.45) is 0 Å². The summed E-state index contributed by atoms with van der Waals surface area (Å²) in [6, 6.07) is 58.0. The Kier molecular flexibility index (Phi) is 6.36. The molecule has 49 heavy (non-hydrogen) atoms. The minimum atomic E-state index is 0.654. The molecule has 10 aromatic rings. The average molecular weight is 642 g/mol. The summed E-state index contributed by atoms with van der Waals surface area (Å²) in [5.41, 5.74) is 5.29. The summed E-state index contributed by atoms with van der Waals surface area (Å²) in [6.07, 6.45) is 0. The molecular weight excluding hydrogens is 615 g/mol. The van der Waals surface area contributed by atoms with Crippen molar-refractivity contribution in [2.45, 2.75) is 0 Å². The molecule has 10 rings (SSSR count). The quantitative estimate of drug-likeness (QED) is 0.180. The van der Waals surface area contributed by atoms with Crippen molar-refractivity contribution in [3.8, 4) is 45.3 Å². The molecular formula is C45H27N3S. The van der Waals surface area contributed by atoms with Gasteiger partial charge in [-0.2, -0.15) is 0 Å². The zero-order valence-electron chi connectivity index (χ0n) is 26.3. The molecule has 3 nitrogen and oxygen atoms in total. The summed E-state index contributed by atoms with van der Waals surface area (Å²) < 4.78 is 2.47.